The number of amides is 3. The maximum Gasteiger partial charge on any atom is 0.340 e. The first-order valence-corrected chi connectivity index (χ1v) is 8.63. The third-order valence-corrected chi connectivity index (χ3v) is 4.47. The summed E-state index contributed by atoms with van der Waals surface area (Å²) in [7, 11) is 0. The maximum absolute atomic E-state index is 13.7. The van der Waals surface area contributed by atoms with Gasteiger partial charge in [0, 0.05) is 10.6 Å². The molecule has 0 heterocycles. The van der Waals surface area contributed by atoms with Crippen molar-refractivity contribution in [3.8, 4) is 0 Å². The molecule has 3 N–H and O–H groups in total. The molecular formula is C18H17FN2O4S. The van der Waals surface area contributed by atoms with Gasteiger partial charge in [0.15, 0.2) is 6.10 Å². The minimum atomic E-state index is -1.19. The molecule has 6 nitrogen and oxygen atoms in total. The number of thioether (sulfide) groups is 1. The average Bonchev–Trinajstić information content (AvgIpc) is 2.60. The van der Waals surface area contributed by atoms with Crippen molar-refractivity contribution >= 4 is 29.7 Å². The van der Waals surface area contributed by atoms with Crippen molar-refractivity contribution in [3.05, 3.63) is 65.5 Å². The van der Waals surface area contributed by atoms with Gasteiger partial charge in [0.05, 0.1) is 5.56 Å². The number of hydrogen-bond acceptors (Lipinski definition) is 5. The monoisotopic (exact) mass is 376 g/mol. The predicted octanol–water partition coefficient (Wildman–Crippen LogP) is 2.86. The van der Waals surface area contributed by atoms with Gasteiger partial charge < -0.3 is 10.5 Å². The van der Waals surface area contributed by atoms with E-state index in [-0.39, 0.29) is 11.4 Å². The van der Waals surface area contributed by atoms with Crippen LogP contribution in [-0.4, -0.2) is 24.0 Å². The summed E-state index contributed by atoms with van der Waals surface area (Å²) < 4.78 is 18.8. The number of carbonyl (C=O) groups excluding carboxylic acids is 3. The van der Waals surface area contributed by atoms with Gasteiger partial charge in [0.1, 0.15) is 5.82 Å². The molecule has 0 fully saturated rings. The highest BCUT2D eigenvalue weighted by molar-refractivity contribution is 7.98. The Kier molecular flexibility index (Phi) is 6.74. The van der Waals surface area contributed by atoms with E-state index in [0.717, 1.165) is 0 Å². The summed E-state index contributed by atoms with van der Waals surface area (Å²) in [5.41, 5.74) is 5.61. The Balaban J connectivity index is 2.08. The Morgan fingerprint density at radius 1 is 1.15 bits per heavy atom. The molecule has 0 aliphatic heterocycles. The smallest absolute Gasteiger partial charge is 0.340 e. The van der Waals surface area contributed by atoms with Gasteiger partial charge >= 0.3 is 12.0 Å². The third kappa shape index (κ3) is 5.32. The summed E-state index contributed by atoms with van der Waals surface area (Å²) >= 11 is 1.27. The first kappa shape index (κ1) is 19.5. The lowest BCUT2D eigenvalue weighted by molar-refractivity contribution is -0.127. The Morgan fingerprint density at radius 3 is 2.50 bits per heavy atom. The number of ether oxygens (including phenoxy) is 1. The molecule has 0 spiro atoms. The second-order valence-corrected chi connectivity index (χ2v) is 6.29. The van der Waals surface area contributed by atoms with E-state index < -0.39 is 24.0 Å². The highest BCUT2D eigenvalue weighted by Gasteiger charge is 2.21. The van der Waals surface area contributed by atoms with E-state index in [1.165, 1.54) is 24.8 Å². The summed E-state index contributed by atoms with van der Waals surface area (Å²) in [6, 6.07) is 12.0. The number of primary amides is 1. The molecule has 0 saturated heterocycles. The number of esters is 1. The fourth-order valence-corrected chi connectivity index (χ4v) is 3.06. The van der Waals surface area contributed by atoms with Crippen LogP contribution in [-0.2, 0) is 15.3 Å². The standard InChI is InChI=1S/C18H17FN2O4S/c1-11(16(22)21-18(20)24)25-17(23)13-7-3-5-9-15(13)26-10-12-6-2-4-8-14(12)19/h2-9,11H,10H2,1H3,(H3,20,21,22,24)/t11-/m0/s1. The number of imide groups is 1. The largest absolute Gasteiger partial charge is 0.449 e. The first-order valence-electron chi connectivity index (χ1n) is 7.65. The molecule has 0 aliphatic rings. The Labute approximate surface area is 153 Å². The zero-order valence-electron chi connectivity index (χ0n) is 13.9. The van der Waals surface area contributed by atoms with E-state index in [1.54, 1.807) is 42.5 Å². The van der Waals surface area contributed by atoms with Gasteiger partial charge in [0.25, 0.3) is 5.91 Å². The van der Waals surface area contributed by atoms with Crippen molar-refractivity contribution < 1.29 is 23.5 Å². The predicted molar refractivity (Wildman–Crippen MR) is 95.0 cm³/mol. The van der Waals surface area contributed by atoms with Crippen molar-refractivity contribution in [2.24, 2.45) is 5.73 Å². The third-order valence-electron chi connectivity index (χ3n) is 3.35. The van der Waals surface area contributed by atoms with Crippen LogP contribution in [0.2, 0.25) is 0 Å². The number of hydrogen-bond donors (Lipinski definition) is 2. The number of carbonyl (C=O) groups is 3. The molecule has 26 heavy (non-hydrogen) atoms. The molecule has 0 unspecified atom stereocenters. The van der Waals surface area contributed by atoms with Crippen molar-refractivity contribution in [3.63, 3.8) is 0 Å². The summed E-state index contributed by atoms with van der Waals surface area (Å²) in [6.07, 6.45) is -1.19. The van der Waals surface area contributed by atoms with E-state index >= 15 is 0 Å². The zero-order chi connectivity index (χ0) is 19.1. The molecule has 0 aliphatic carbocycles. The lowest BCUT2D eigenvalue weighted by Gasteiger charge is -2.14. The number of rotatable bonds is 6. The number of urea groups is 1. The molecule has 0 saturated carbocycles. The number of nitrogens with two attached hydrogens (primary N) is 1. The SMILES string of the molecule is C[C@H](OC(=O)c1ccccc1SCc1ccccc1F)C(=O)NC(N)=O. The van der Waals surface area contributed by atoms with Gasteiger partial charge in [0.2, 0.25) is 0 Å². The Hall–Kier alpha value is -2.87. The van der Waals surface area contributed by atoms with Gasteiger partial charge in [-0.2, -0.15) is 0 Å². The average molecular weight is 376 g/mol. The molecule has 136 valence electrons. The summed E-state index contributed by atoms with van der Waals surface area (Å²) in [4.78, 5) is 35.2. The van der Waals surface area contributed by atoms with E-state index in [9.17, 15) is 18.8 Å². The second-order valence-electron chi connectivity index (χ2n) is 5.28. The fourth-order valence-electron chi connectivity index (χ4n) is 2.03. The van der Waals surface area contributed by atoms with E-state index in [1.807, 2.05) is 5.32 Å². The molecule has 2 rings (SSSR count). The molecule has 3 amide bonds. The molecule has 0 aromatic heterocycles. The summed E-state index contributed by atoms with van der Waals surface area (Å²) in [6.45, 7) is 1.32. The molecule has 2 aromatic rings. The summed E-state index contributed by atoms with van der Waals surface area (Å²) in [5, 5.41) is 1.84. The number of halogens is 1. The molecule has 8 heteroatoms. The van der Waals surface area contributed by atoms with Crippen LogP contribution in [0.15, 0.2) is 53.4 Å². The Morgan fingerprint density at radius 2 is 1.81 bits per heavy atom. The minimum Gasteiger partial charge on any atom is -0.449 e. The van der Waals surface area contributed by atoms with E-state index in [2.05, 4.69) is 0 Å². The van der Waals surface area contributed by atoms with Crippen LogP contribution in [0.25, 0.3) is 0 Å². The van der Waals surface area contributed by atoms with Crippen molar-refractivity contribution in [1.29, 1.82) is 0 Å². The van der Waals surface area contributed by atoms with Crippen LogP contribution in [0.3, 0.4) is 0 Å². The van der Waals surface area contributed by atoms with Gasteiger partial charge in [-0.15, -0.1) is 11.8 Å². The zero-order valence-corrected chi connectivity index (χ0v) is 14.7. The van der Waals surface area contributed by atoms with Gasteiger partial charge in [-0.25, -0.2) is 14.0 Å². The van der Waals surface area contributed by atoms with Gasteiger partial charge in [-0.1, -0.05) is 30.3 Å². The lowest BCUT2D eigenvalue weighted by Crippen LogP contribution is -2.42. The highest BCUT2D eigenvalue weighted by atomic mass is 32.2. The topological polar surface area (TPSA) is 98.5 Å². The lowest BCUT2D eigenvalue weighted by atomic mass is 10.2. The molecular weight excluding hydrogens is 359 g/mol. The van der Waals surface area contributed by atoms with Gasteiger partial charge in [-0.3, -0.25) is 10.1 Å². The van der Waals surface area contributed by atoms with Crippen molar-refractivity contribution in [2.45, 2.75) is 23.7 Å². The van der Waals surface area contributed by atoms with Crippen LogP contribution in [0.5, 0.6) is 0 Å². The maximum atomic E-state index is 13.7. The number of nitrogens with one attached hydrogen (secondary N) is 1. The first-order chi connectivity index (χ1) is 12.4. The highest BCUT2D eigenvalue weighted by Crippen LogP contribution is 2.28. The Bertz CT molecular complexity index is 828. The molecule has 2 aromatic carbocycles. The quantitative estimate of drug-likeness (QED) is 0.597. The van der Waals surface area contributed by atoms with Crippen LogP contribution in [0, 0.1) is 5.82 Å². The molecule has 0 bridgehead atoms. The second kappa shape index (κ2) is 9.00. The van der Waals surface area contributed by atoms with Crippen molar-refractivity contribution in [2.75, 3.05) is 0 Å². The van der Waals surface area contributed by atoms with Gasteiger partial charge in [-0.05, 0) is 30.7 Å². The van der Waals surface area contributed by atoms with Crippen LogP contribution >= 0.6 is 11.8 Å². The number of benzene rings is 2. The van der Waals surface area contributed by atoms with Crippen LogP contribution in [0.4, 0.5) is 9.18 Å². The molecule has 0 radical (unpaired) electrons. The normalized spacial score (nSPS) is 11.5. The molecule has 1 atom stereocenters. The van der Waals surface area contributed by atoms with Crippen LogP contribution < -0.4 is 11.1 Å². The minimum absolute atomic E-state index is 0.243. The van der Waals surface area contributed by atoms with E-state index in [4.69, 9.17) is 10.5 Å². The summed E-state index contributed by atoms with van der Waals surface area (Å²) in [5.74, 6) is -1.54. The fraction of sp³-hybridized carbons (Fsp3) is 0.167. The van der Waals surface area contributed by atoms with E-state index in [0.29, 0.717) is 16.2 Å². The van der Waals surface area contributed by atoms with Crippen LogP contribution in [0.1, 0.15) is 22.8 Å². The van der Waals surface area contributed by atoms with Crippen molar-refractivity contribution in [1.82, 2.24) is 5.32 Å².